The van der Waals surface area contributed by atoms with E-state index in [0.717, 1.165) is 0 Å². The minimum absolute atomic E-state index is 0.102. The summed E-state index contributed by atoms with van der Waals surface area (Å²) in [4.78, 5) is 9.99. The van der Waals surface area contributed by atoms with E-state index < -0.39 is 0 Å². The molecule has 0 aromatic heterocycles. The van der Waals surface area contributed by atoms with E-state index >= 15 is 0 Å². The van der Waals surface area contributed by atoms with Crippen molar-refractivity contribution in [3.63, 3.8) is 0 Å². The molecule has 1 atom stereocenters. The van der Waals surface area contributed by atoms with Crippen LogP contribution in [0.3, 0.4) is 0 Å². The highest BCUT2D eigenvalue weighted by atomic mass is 16.1. The van der Waals surface area contributed by atoms with Crippen LogP contribution in [-0.2, 0) is 4.79 Å². The highest BCUT2D eigenvalue weighted by Gasteiger charge is 2.08. The lowest BCUT2D eigenvalue weighted by Crippen LogP contribution is -2.31. The summed E-state index contributed by atoms with van der Waals surface area (Å²) in [5.41, 5.74) is 0. The second-order valence-electron chi connectivity index (χ2n) is 2.13. The van der Waals surface area contributed by atoms with Crippen molar-refractivity contribution >= 4 is 6.29 Å². The SMILES string of the molecule is CNC([C]=O)C(C)C. The quantitative estimate of drug-likeness (QED) is 0.573. The first-order chi connectivity index (χ1) is 3.72. The third-order valence-corrected chi connectivity index (χ3v) is 1.10. The smallest absolute Gasteiger partial charge is 0.217 e. The summed E-state index contributed by atoms with van der Waals surface area (Å²) in [5.74, 6) is 0.345. The number of hydrogen-bond donors (Lipinski definition) is 1. The molecule has 1 radical (unpaired) electrons. The van der Waals surface area contributed by atoms with Gasteiger partial charge in [-0.25, -0.2) is 0 Å². The van der Waals surface area contributed by atoms with Gasteiger partial charge in [0, 0.05) is 0 Å². The van der Waals surface area contributed by atoms with Crippen LogP contribution in [0.1, 0.15) is 13.8 Å². The number of rotatable bonds is 3. The fourth-order valence-corrected chi connectivity index (χ4v) is 0.528. The second-order valence-corrected chi connectivity index (χ2v) is 2.13. The van der Waals surface area contributed by atoms with E-state index in [1.54, 1.807) is 7.05 Å². The molecule has 0 spiro atoms. The third kappa shape index (κ3) is 2.07. The fourth-order valence-electron chi connectivity index (χ4n) is 0.528. The Morgan fingerprint density at radius 2 is 2.00 bits per heavy atom. The van der Waals surface area contributed by atoms with Crippen molar-refractivity contribution in [1.29, 1.82) is 0 Å². The molecule has 0 aliphatic heterocycles. The van der Waals surface area contributed by atoms with E-state index in [4.69, 9.17) is 0 Å². The minimum Gasteiger partial charge on any atom is -0.310 e. The lowest BCUT2D eigenvalue weighted by molar-refractivity contribution is 0.471. The van der Waals surface area contributed by atoms with E-state index in [9.17, 15) is 4.79 Å². The van der Waals surface area contributed by atoms with Gasteiger partial charge in [0.1, 0.15) is 0 Å². The van der Waals surface area contributed by atoms with Crippen molar-refractivity contribution in [2.24, 2.45) is 5.92 Å². The van der Waals surface area contributed by atoms with Gasteiger partial charge in [-0.1, -0.05) is 13.8 Å². The molecule has 0 aromatic rings. The molecule has 0 bridgehead atoms. The molecule has 0 amide bonds. The fraction of sp³-hybridized carbons (Fsp3) is 0.833. The van der Waals surface area contributed by atoms with Gasteiger partial charge < -0.3 is 5.32 Å². The van der Waals surface area contributed by atoms with Gasteiger partial charge in [0.15, 0.2) is 0 Å². The molecule has 2 nitrogen and oxygen atoms in total. The lowest BCUT2D eigenvalue weighted by Gasteiger charge is -2.10. The molecule has 0 heterocycles. The molecule has 47 valence electrons. The van der Waals surface area contributed by atoms with E-state index in [0.29, 0.717) is 5.92 Å². The van der Waals surface area contributed by atoms with E-state index in [-0.39, 0.29) is 6.04 Å². The largest absolute Gasteiger partial charge is 0.310 e. The Balaban J connectivity index is 3.51. The minimum atomic E-state index is -0.102. The predicted molar refractivity (Wildman–Crippen MR) is 33.4 cm³/mol. The molecule has 0 fully saturated rings. The highest BCUT2D eigenvalue weighted by Crippen LogP contribution is 1.95. The van der Waals surface area contributed by atoms with Crippen molar-refractivity contribution in [1.82, 2.24) is 5.32 Å². The lowest BCUT2D eigenvalue weighted by atomic mass is 10.1. The molecule has 0 rings (SSSR count). The summed E-state index contributed by atoms with van der Waals surface area (Å²) in [7, 11) is 1.76. The maximum absolute atomic E-state index is 9.99. The number of likely N-dealkylation sites (N-methyl/N-ethyl adjacent to an activating group) is 1. The zero-order valence-electron chi connectivity index (χ0n) is 5.56. The first-order valence-electron chi connectivity index (χ1n) is 2.77. The first kappa shape index (κ1) is 7.63. The molecule has 0 saturated heterocycles. The summed E-state index contributed by atoms with van der Waals surface area (Å²) in [6.07, 6.45) is 1.89. The Kier molecular flexibility index (Phi) is 3.44. The normalized spacial score (nSPS) is 14.0. The number of hydrogen-bond acceptors (Lipinski definition) is 2. The maximum Gasteiger partial charge on any atom is 0.217 e. The van der Waals surface area contributed by atoms with Crippen molar-refractivity contribution in [3.05, 3.63) is 0 Å². The molecule has 8 heavy (non-hydrogen) atoms. The van der Waals surface area contributed by atoms with Gasteiger partial charge in [-0.3, -0.25) is 4.79 Å². The molecular formula is C6H12NO. The summed E-state index contributed by atoms with van der Waals surface area (Å²) in [6.45, 7) is 3.96. The molecule has 0 aliphatic rings. The average Bonchev–Trinajstić information content (AvgIpc) is 1.69. The summed E-state index contributed by atoms with van der Waals surface area (Å²) in [6, 6.07) is -0.102. The van der Waals surface area contributed by atoms with Crippen molar-refractivity contribution in [3.8, 4) is 0 Å². The summed E-state index contributed by atoms with van der Waals surface area (Å²) >= 11 is 0. The van der Waals surface area contributed by atoms with Crippen molar-refractivity contribution in [2.45, 2.75) is 19.9 Å². The van der Waals surface area contributed by atoms with Crippen LogP contribution < -0.4 is 5.32 Å². The van der Waals surface area contributed by atoms with E-state index in [2.05, 4.69) is 5.32 Å². The highest BCUT2D eigenvalue weighted by molar-refractivity contribution is 5.58. The number of carbonyl (C=O) groups excluding carboxylic acids is 1. The Morgan fingerprint density at radius 1 is 1.50 bits per heavy atom. The monoisotopic (exact) mass is 114 g/mol. The molecule has 0 aliphatic carbocycles. The summed E-state index contributed by atoms with van der Waals surface area (Å²) < 4.78 is 0. The van der Waals surface area contributed by atoms with Gasteiger partial charge >= 0.3 is 0 Å². The zero-order valence-corrected chi connectivity index (χ0v) is 5.56. The molecule has 0 saturated carbocycles. The van der Waals surface area contributed by atoms with Crippen LogP contribution in [0.15, 0.2) is 0 Å². The van der Waals surface area contributed by atoms with Gasteiger partial charge in [-0.15, -0.1) is 0 Å². The van der Waals surface area contributed by atoms with Crippen LogP contribution in [0.4, 0.5) is 0 Å². The van der Waals surface area contributed by atoms with Gasteiger partial charge in [0.05, 0.1) is 6.04 Å². The van der Waals surface area contributed by atoms with E-state index in [1.807, 2.05) is 20.1 Å². The van der Waals surface area contributed by atoms with Crippen LogP contribution in [0.25, 0.3) is 0 Å². The standard InChI is InChI=1S/C6H12NO/c1-5(2)6(4-8)7-3/h5-7H,1-3H3. The predicted octanol–water partition coefficient (Wildman–Crippen LogP) is 0.340. The van der Waals surface area contributed by atoms with Gasteiger partial charge in [-0.05, 0) is 13.0 Å². The van der Waals surface area contributed by atoms with Crippen LogP contribution in [0.2, 0.25) is 0 Å². The van der Waals surface area contributed by atoms with E-state index in [1.165, 1.54) is 0 Å². The molecular weight excluding hydrogens is 102 g/mol. The summed E-state index contributed by atoms with van der Waals surface area (Å²) in [5, 5.41) is 2.83. The average molecular weight is 114 g/mol. The van der Waals surface area contributed by atoms with Crippen LogP contribution >= 0.6 is 0 Å². The van der Waals surface area contributed by atoms with Gasteiger partial charge in [0.25, 0.3) is 0 Å². The second kappa shape index (κ2) is 3.61. The topological polar surface area (TPSA) is 29.1 Å². The molecule has 2 heteroatoms. The zero-order chi connectivity index (χ0) is 6.57. The Morgan fingerprint density at radius 3 is 2.00 bits per heavy atom. The molecule has 0 aromatic carbocycles. The Bertz CT molecular complexity index is 70.9. The first-order valence-corrected chi connectivity index (χ1v) is 2.77. The van der Waals surface area contributed by atoms with Crippen LogP contribution in [0, 0.1) is 5.92 Å². The molecule has 1 unspecified atom stereocenters. The van der Waals surface area contributed by atoms with Gasteiger partial charge in [-0.2, -0.15) is 0 Å². The van der Waals surface area contributed by atoms with Crippen molar-refractivity contribution in [2.75, 3.05) is 7.05 Å². The molecule has 1 N–H and O–H groups in total. The third-order valence-electron chi connectivity index (χ3n) is 1.10. The Hall–Kier alpha value is -0.370. The number of nitrogens with one attached hydrogen (secondary N) is 1. The maximum atomic E-state index is 9.99. The van der Waals surface area contributed by atoms with Gasteiger partial charge in [0.2, 0.25) is 6.29 Å². The Labute approximate surface area is 50.3 Å². The van der Waals surface area contributed by atoms with Crippen LogP contribution in [-0.4, -0.2) is 19.4 Å². The van der Waals surface area contributed by atoms with Crippen LogP contribution in [0.5, 0.6) is 0 Å². The van der Waals surface area contributed by atoms with Crippen molar-refractivity contribution < 1.29 is 4.79 Å².